The van der Waals surface area contributed by atoms with Gasteiger partial charge >= 0.3 is 54.0 Å². The third-order valence-electron chi connectivity index (χ3n) is 3.10. The van der Waals surface area contributed by atoms with E-state index in [1.807, 2.05) is 0 Å². The largest absolute Gasteiger partial charge is 0.460 e. The second kappa shape index (κ2) is 8.34. The molecule has 0 heterocycles. The standard InChI is InChI=1S/C11H2F18O4/c12-1-32-10(26,27)11(28,29)33-6(17,18)3(31)4(13,14)2(30)5(15,16)7(19,20)8(21,22)9(23,24)25/h1H2. The monoisotopic (exact) mass is 540 g/mol. The van der Waals surface area contributed by atoms with Gasteiger partial charge in [0.15, 0.2) is 6.86 Å². The molecule has 0 aromatic carbocycles. The molecule has 0 rings (SSSR count). The maximum absolute atomic E-state index is 13.3. The molecule has 33 heavy (non-hydrogen) atoms. The highest BCUT2D eigenvalue weighted by Crippen LogP contribution is 2.55. The van der Waals surface area contributed by atoms with Gasteiger partial charge < -0.3 is 0 Å². The summed E-state index contributed by atoms with van der Waals surface area (Å²) in [5.41, 5.74) is 0. The van der Waals surface area contributed by atoms with E-state index in [-0.39, 0.29) is 0 Å². The van der Waals surface area contributed by atoms with Crippen LogP contribution in [0.4, 0.5) is 79.0 Å². The van der Waals surface area contributed by atoms with Gasteiger partial charge in [0.1, 0.15) is 0 Å². The molecular weight excluding hydrogens is 538 g/mol. The summed E-state index contributed by atoms with van der Waals surface area (Å²) in [5, 5.41) is 0. The van der Waals surface area contributed by atoms with Gasteiger partial charge in [-0.15, -0.1) is 0 Å². The first-order chi connectivity index (χ1) is 14.1. The average Bonchev–Trinajstić information content (AvgIpc) is 2.57. The molecule has 0 aliphatic heterocycles. The summed E-state index contributed by atoms with van der Waals surface area (Å²) >= 11 is 0. The lowest BCUT2D eigenvalue weighted by Gasteiger charge is -2.34. The second-order valence-corrected chi connectivity index (χ2v) is 5.36. The van der Waals surface area contributed by atoms with Crippen LogP contribution in [0.3, 0.4) is 0 Å². The molecule has 196 valence electrons. The molecule has 0 bridgehead atoms. The zero-order chi connectivity index (χ0) is 27.3. The summed E-state index contributed by atoms with van der Waals surface area (Å²) in [6, 6.07) is 0. The second-order valence-electron chi connectivity index (χ2n) is 5.36. The van der Waals surface area contributed by atoms with E-state index in [0.717, 1.165) is 0 Å². The van der Waals surface area contributed by atoms with E-state index < -0.39 is 66.6 Å². The van der Waals surface area contributed by atoms with Crippen molar-refractivity contribution in [2.24, 2.45) is 0 Å². The maximum Gasteiger partial charge on any atom is 0.460 e. The number of rotatable bonds is 11. The Morgan fingerprint density at radius 2 is 0.970 bits per heavy atom. The lowest BCUT2D eigenvalue weighted by atomic mass is 9.94. The van der Waals surface area contributed by atoms with Crippen molar-refractivity contribution in [1.29, 1.82) is 0 Å². The summed E-state index contributed by atoms with van der Waals surface area (Å²) in [6.07, 6.45) is -28.5. The van der Waals surface area contributed by atoms with E-state index in [1.54, 1.807) is 4.74 Å². The molecule has 0 fully saturated rings. The van der Waals surface area contributed by atoms with Gasteiger partial charge in [0, 0.05) is 0 Å². The smallest absolute Gasteiger partial charge is 0.285 e. The molecule has 0 aliphatic rings. The van der Waals surface area contributed by atoms with Crippen LogP contribution in [0.5, 0.6) is 0 Å². The van der Waals surface area contributed by atoms with Gasteiger partial charge in [0.05, 0.1) is 0 Å². The minimum Gasteiger partial charge on any atom is -0.285 e. The van der Waals surface area contributed by atoms with Gasteiger partial charge in [-0.25, -0.2) is 9.13 Å². The minimum absolute atomic E-state index is 1.61. The van der Waals surface area contributed by atoms with Crippen molar-refractivity contribution in [2.75, 3.05) is 6.86 Å². The Bertz CT molecular complexity index is 753. The van der Waals surface area contributed by atoms with E-state index in [9.17, 15) is 88.6 Å². The van der Waals surface area contributed by atoms with Gasteiger partial charge in [-0.2, -0.15) is 74.6 Å². The molecule has 22 heteroatoms. The number of carbonyl (C=O) groups excluding carboxylic acids is 2. The number of ketones is 2. The molecule has 4 nitrogen and oxygen atoms in total. The topological polar surface area (TPSA) is 52.6 Å². The molecule has 0 N–H and O–H groups in total. The van der Waals surface area contributed by atoms with Gasteiger partial charge in [0.25, 0.3) is 5.78 Å². The fourth-order valence-corrected chi connectivity index (χ4v) is 1.42. The van der Waals surface area contributed by atoms with E-state index >= 15 is 0 Å². The van der Waals surface area contributed by atoms with Gasteiger partial charge in [-0.1, -0.05) is 0 Å². The molecule has 0 aliphatic carbocycles. The highest BCUT2D eigenvalue weighted by atomic mass is 19.4. The maximum atomic E-state index is 13.3. The van der Waals surface area contributed by atoms with E-state index in [1.165, 1.54) is 0 Å². The lowest BCUT2D eigenvalue weighted by Crippen LogP contribution is -2.67. The van der Waals surface area contributed by atoms with E-state index in [0.29, 0.717) is 0 Å². The van der Waals surface area contributed by atoms with Crippen LogP contribution in [0.25, 0.3) is 0 Å². The number of hydrogen-bond acceptors (Lipinski definition) is 4. The molecule has 0 atom stereocenters. The predicted octanol–water partition coefficient (Wildman–Crippen LogP) is 4.97. The van der Waals surface area contributed by atoms with Crippen LogP contribution in [-0.4, -0.2) is 66.6 Å². The molecule has 0 spiro atoms. The Balaban J connectivity index is 6.29. The summed E-state index contributed by atoms with van der Waals surface area (Å²) in [4.78, 5) is 21.5. The molecule has 0 radical (unpaired) electrons. The van der Waals surface area contributed by atoms with Gasteiger partial charge in [-0.05, 0) is 0 Å². The normalized spacial score (nSPS) is 15.6. The van der Waals surface area contributed by atoms with Crippen molar-refractivity contribution in [1.82, 2.24) is 0 Å². The molecular formula is C11H2F18O4. The summed E-state index contributed by atoms with van der Waals surface area (Å²) in [6.45, 7) is -2.92. The quantitative estimate of drug-likeness (QED) is 0.275. The van der Waals surface area contributed by atoms with Crippen molar-refractivity contribution in [2.45, 2.75) is 48.2 Å². The van der Waals surface area contributed by atoms with Crippen LogP contribution in [0.1, 0.15) is 0 Å². The SMILES string of the molecule is O=C(C(F)(F)OC(F)(F)C(F)(F)OCF)C(F)(F)C(=O)C(F)(F)C(F)(F)C(F)(F)C(F)(F)F. The number of ether oxygens (including phenoxy) is 2. The molecule has 0 unspecified atom stereocenters. The van der Waals surface area contributed by atoms with Crippen molar-refractivity contribution in [3.05, 3.63) is 0 Å². The first-order valence-electron chi connectivity index (χ1n) is 6.79. The molecule has 0 aromatic heterocycles. The van der Waals surface area contributed by atoms with Crippen LogP contribution in [-0.2, 0) is 19.1 Å². The number of halogens is 18. The van der Waals surface area contributed by atoms with Crippen LogP contribution in [0.2, 0.25) is 0 Å². The predicted molar refractivity (Wildman–Crippen MR) is 58.8 cm³/mol. The van der Waals surface area contributed by atoms with Crippen LogP contribution < -0.4 is 0 Å². The highest BCUT2D eigenvalue weighted by molar-refractivity contribution is 6.13. The molecule has 0 saturated carbocycles. The van der Waals surface area contributed by atoms with Crippen molar-refractivity contribution in [3.63, 3.8) is 0 Å². The van der Waals surface area contributed by atoms with Crippen molar-refractivity contribution < 1.29 is 98.1 Å². The molecule has 0 aromatic rings. The number of Topliss-reactive ketones (excluding diaryl/α,β-unsaturated/α-hetero) is 2. The van der Waals surface area contributed by atoms with E-state index in [4.69, 9.17) is 0 Å². The third-order valence-corrected chi connectivity index (χ3v) is 3.10. The highest BCUT2D eigenvalue weighted by Gasteiger charge is 2.86. The number of carbonyl (C=O) groups is 2. The Labute approximate surface area is 166 Å². The Morgan fingerprint density at radius 3 is 1.30 bits per heavy atom. The van der Waals surface area contributed by atoms with E-state index in [2.05, 4.69) is 4.74 Å². The van der Waals surface area contributed by atoms with Crippen molar-refractivity contribution in [3.8, 4) is 0 Å². The fourth-order valence-electron chi connectivity index (χ4n) is 1.42. The van der Waals surface area contributed by atoms with Gasteiger partial charge in [-0.3, -0.25) is 14.3 Å². The zero-order valence-corrected chi connectivity index (χ0v) is 14.1. The first kappa shape index (κ1) is 31.0. The third kappa shape index (κ3) is 5.09. The minimum atomic E-state index is -8.21. The summed E-state index contributed by atoms with van der Waals surface area (Å²) in [7, 11) is 0. The molecule has 0 saturated heterocycles. The zero-order valence-electron chi connectivity index (χ0n) is 14.1. The molecule has 0 amide bonds. The lowest BCUT2D eigenvalue weighted by molar-refractivity contribution is -0.475. The Morgan fingerprint density at radius 1 is 0.576 bits per heavy atom. The average molecular weight is 540 g/mol. The van der Waals surface area contributed by atoms with Gasteiger partial charge in [0.2, 0.25) is 0 Å². The summed E-state index contributed by atoms with van der Waals surface area (Å²) in [5.74, 6) is -42.4. The van der Waals surface area contributed by atoms with Crippen molar-refractivity contribution >= 4 is 11.6 Å². The Kier molecular flexibility index (Phi) is 7.84. The first-order valence-corrected chi connectivity index (χ1v) is 6.79. The van der Waals surface area contributed by atoms with Crippen LogP contribution in [0.15, 0.2) is 0 Å². The summed E-state index contributed by atoms with van der Waals surface area (Å²) < 4.78 is 232. The fraction of sp³-hybridized carbons (Fsp3) is 0.818. The van der Waals surface area contributed by atoms with Crippen LogP contribution >= 0.6 is 0 Å². The number of hydrogen-bond donors (Lipinski definition) is 0. The Hall–Kier alpha value is -2.00. The number of alkyl halides is 18. The van der Waals surface area contributed by atoms with Crippen LogP contribution in [0, 0.1) is 0 Å².